The summed E-state index contributed by atoms with van der Waals surface area (Å²) < 4.78 is 0. The van der Waals surface area contributed by atoms with Gasteiger partial charge in [-0.1, -0.05) is 18.9 Å². The molecule has 0 aliphatic carbocycles. The Bertz CT molecular complexity index is 646. The zero-order valence-corrected chi connectivity index (χ0v) is 17.6. The van der Waals surface area contributed by atoms with Crippen LogP contribution in [0.4, 0.5) is 11.4 Å². The van der Waals surface area contributed by atoms with Gasteiger partial charge in [0.2, 0.25) is 0 Å². The Balaban J connectivity index is 1.67. The Morgan fingerprint density at radius 2 is 1.97 bits per heavy atom. The highest BCUT2D eigenvalue weighted by molar-refractivity contribution is 5.62. The smallest absolute Gasteiger partial charge is 0.292 e. The van der Waals surface area contributed by atoms with Crippen molar-refractivity contribution in [2.45, 2.75) is 57.2 Å². The molecule has 1 saturated heterocycles. The van der Waals surface area contributed by atoms with E-state index in [4.69, 9.17) is 5.11 Å². The minimum Gasteiger partial charge on any atom is -0.395 e. The minimum atomic E-state index is -0.370. The molecule has 1 aromatic rings. The van der Waals surface area contributed by atoms with Crippen molar-refractivity contribution in [3.63, 3.8) is 0 Å². The zero-order chi connectivity index (χ0) is 21.8. The highest BCUT2D eigenvalue weighted by atomic mass is 16.6. The van der Waals surface area contributed by atoms with Crippen LogP contribution in [-0.4, -0.2) is 76.7 Å². The summed E-state index contributed by atoms with van der Waals surface area (Å²) in [4.78, 5) is 13.3. The van der Waals surface area contributed by atoms with Crippen LogP contribution in [0.25, 0.3) is 0 Å². The van der Waals surface area contributed by atoms with Gasteiger partial charge in [-0.15, -0.1) is 0 Å². The van der Waals surface area contributed by atoms with E-state index < -0.39 is 0 Å². The fraction of sp³-hybridized carbons (Fsp3) is 0.714. The summed E-state index contributed by atoms with van der Waals surface area (Å²) >= 11 is 0. The first-order chi connectivity index (χ1) is 14.5. The fourth-order valence-corrected chi connectivity index (χ4v) is 3.88. The van der Waals surface area contributed by atoms with Gasteiger partial charge in [0.15, 0.2) is 0 Å². The topological polar surface area (TPSA) is 131 Å². The van der Waals surface area contributed by atoms with Crippen LogP contribution < -0.4 is 10.6 Å². The van der Waals surface area contributed by atoms with E-state index in [0.29, 0.717) is 31.7 Å². The monoisotopic (exact) mass is 424 g/mol. The Morgan fingerprint density at radius 3 is 2.70 bits per heavy atom. The van der Waals surface area contributed by atoms with Gasteiger partial charge in [-0.3, -0.25) is 15.0 Å². The second kappa shape index (κ2) is 13.5. The van der Waals surface area contributed by atoms with Crippen molar-refractivity contribution in [1.82, 2.24) is 10.2 Å². The molecule has 170 valence electrons. The van der Waals surface area contributed by atoms with Crippen LogP contribution in [0.15, 0.2) is 18.2 Å². The van der Waals surface area contributed by atoms with Gasteiger partial charge in [-0.2, -0.15) is 0 Å². The van der Waals surface area contributed by atoms with Crippen molar-refractivity contribution >= 4 is 11.4 Å². The van der Waals surface area contributed by atoms with Crippen molar-refractivity contribution in [3.05, 3.63) is 33.9 Å². The molecular weight excluding hydrogens is 388 g/mol. The van der Waals surface area contributed by atoms with E-state index in [9.17, 15) is 20.3 Å². The third-order valence-corrected chi connectivity index (χ3v) is 5.58. The van der Waals surface area contributed by atoms with E-state index in [2.05, 4.69) is 15.5 Å². The maximum atomic E-state index is 11.4. The second-order valence-electron chi connectivity index (χ2n) is 7.90. The lowest BCUT2D eigenvalue weighted by atomic mass is 9.99. The van der Waals surface area contributed by atoms with Crippen LogP contribution in [0, 0.1) is 10.1 Å². The molecule has 0 bridgehead atoms. The number of nitro benzene ring substituents is 1. The molecule has 9 nitrogen and oxygen atoms in total. The van der Waals surface area contributed by atoms with E-state index >= 15 is 0 Å². The molecular formula is C21H36N4O5. The Labute approximate surface area is 178 Å². The van der Waals surface area contributed by atoms with E-state index in [1.54, 1.807) is 12.1 Å². The number of piperidine rings is 1. The Hall–Kier alpha value is -1.78. The summed E-state index contributed by atoms with van der Waals surface area (Å²) in [7, 11) is 0. The molecule has 9 heteroatoms. The molecule has 0 aromatic heterocycles. The maximum Gasteiger partial charge on any atom is 0.292 e. The highest BCUT2D eigenvalue weighted by Gasteiger charge is 2.26. The first-order valence-electron chi connectivity index (χ1n) is 10.9. The molecule has 2 rings (SSSR count). The van der Waals surface area contributed by atoms with Crippen LogP contribution >= 0.6 is 0 Å². The van der Waals surface area contributed by atoms with Crippen LogP contribution in [-0.2, 0) is 6.54 Å². The fourth-order valence-electron chi connectivity index (χ4n) is 3.88. The molecule has 0 amide bonds. The van der Waals surface area contributed by atoms with Crippen molar-refractivity contribution in [2.75, 3.05) is 44.7 Å². The Kier molecular flexibility index (Phi) is 11.0. The number of aliphatic hydroxyl groups excluding tert-OH is 3. The number of unbranched alkanes of at least 4 members (excludes halogenated alkanes) is 3. The van der Waals surface area contributed by atoms with Crippen molar-refractivity contribution in [2.24, 2.45) is 0 Å². The second-order valence-corrected chi connectivity index (χ2v) is 7.90. The molecule has 1 aliphatic rings. The number of nitro groups is 1. The largest absolute Gasteiger partial charge is 0.395 e. The number of anilines is 1. The number of rotatable bonds is 14. The summed E-state index contributed by atoms with van der Waals surface area (Å²) in [6, 6.07) is 5.23. The number of benzene rings is 1. The third kappa shape index (κ3) is 8.16. The van der Waals surface area contributed by atoms with Gasteiger partial charge in [0, 0.05) is 38.3 Å². The first-order valence-corrected chi connectivity index (χ1v) is 10.9. The molecule has 1 aromatic carbocycles. The third-order valence-electron chi connectivity index (χ3n) is 5.58. The lowest BCUT2D eigenvalue weighted by Gasteiger charge is -2.36. The molecule has 0 spiro atoms. The molecule has 2 atom stereocenters. The molecule has 5 N–H and O–H groups in total. The maximum absolute atomic E-state index is 11.4. The van der Waals surface area contributed by atoms with E-state index in [1.807, 2.05) is 6.07 Å². The standard InChI is InChI=1S/C21H36N4O5/c26-12-9-22-15-17-5-6-20(21(13-17)25(29)30)23-8-3-1-2-4-10-24-11-7-19(28)14-18(24)16-27/h5-6,13,18-19,22-23,26-28H,1-4,7-12,14-16H2. The number of likely N-dealkylation sites (tertiary alicyclic amines) is 1. The molecule has 0 saturated carbocycles. The van der Waals surface area contributed by atoms with Crippen LogP contribution in [0.3, 0.4) is 0 Å². The van der Waals surface area contributed by atoms with E-state index in [1.165, 1.54) is 0 Å². The number of hydrogen-bond acceptors (Lipinski definition) is 8. The Morgan fingerprint density at radius 1 is 1.17 bits per heavy atom. The highest BCUT2D eigenvalue weighted by Crippen LogP contribution is 2.25. The van der Waals surface area contributed by atoms with Crippen LogP contribution in [0.5, 0.6) is 0 Å². The predicted molar refractivity (Wildman–Crippen MR) is 117 cm³/mol. The molecule has 1 fully saturated rings. The van der Waals surface area contributed by atoms with Gasteiger partial charge in [0.25, 0.3) is 5.69 Å². The van der Waals surface area contributed by atoms with Crippen LogP contribution in [0.1, 0.15) is 44.1 Å². The summed E-state index contributed by atoms with van der Waals surface area (Å²) in [5.74, 6) is 0. The predicted octanol–water partition coefficient (Wildman–Crippen LogP) is 1.47. The summed E-state index contributed by atoms with van der Waals surface area (Å²) in [6.07, 6.45) is 5.20. The molecule has 1 heterocycles. The SMILES string of the molecule is O=[N+]([O-])c1cc(CNCCO)ccc1NCCCCCCN1CCC(O)CC1CO. The van der Waals surface area contributed by atoms with Gasteiger partial charge in [-0.25, -0.2) is 0 Å². The lowest BCUT2D eigenvalue weighted by Crippen LogP contribution is -2.46. The minimum absolute atomic E-state index is 0.0326. The van der Waals surface area contributed by atoms with Gasteiger partial charge in [0.05, 0.1) is 24.2 Å². The number of nitrogens with zero attached hydrogens (tertiary/aromatic N) is 2. The quantitative estimate of drug-likeness (QED) is 0.172. The van der Waals surface area contributed by atoms with Gasteiger partial charge < -0.3 is 26.0 Å². The van der Waals surface area contributed by atoms with E-state index in [-0.39, 0.29) is 36.0 Å². The summed E-state index contributed by atoms with van der Waals surface area (Å²) in [5.41, 5.74) is 1.41. The molecule has 1 aliphatic heterocycles. The average Bonchev–Trinajstić information content (AvgIpc) is 2.74. The number of hydrogen-bond donors (Lipinski definition) is 5. The molecule has 0 radical (unpaired) electrons. The lowest BCUT2D eigenvalue weighted by molar-refractivity contribution is -0.384. The van der Waals surface area contributed by atoms with Gasteiger partial charge in [0.1, 0.15) is 5.69 Å². The first kappa shape index (κ1) is 24.5. The van der Waals surface area contributed by atoms with E-state index in [0.717, 1.165) is 50.8 Å². The van der Waals surface area contributed by atoms with Crippen molar-refractivity contribution < 1.29 is 20.2 Å². The van der Waals surface area contributed by atoms with Gasteiger partial charge >= 0.3 is 0 Å². The number of aliphatic hydroxyl groups is 3. The van der Waals surface area contributed by atoms with Crippen molar-refractivity contribution in [1.29, 1.82) is 0 Å². The summed E-state index contributed by atoms with van der Waals surface area (Å²) in [6.45, 7) is 3.51. The van der Waals surface area contributed by atoms with Crippen molar-refractivity contribution in [3.8, 4) is 0 Å². The van der Waals surface area contributed by atoms with Gasteiger partial charge in [-0.05, 0) is 43.9 Å². The zero-order valence-electron chi connectivity index (χ0n) is 17.6. The normalized spacial score (nSPS) is 19.7. The molecule has 30 heavy (non-hydrogen) atoms. The summed E-state index contributed by atoms with van der Waals surface area (Å²) in [5, 5.41) is 45.5. The number of nitrogens with one attached hydrogen (secondary N) is 2. The average molecular weight is 425 g/mol. The van der Waals surface area contributed by atoms with Crippen LogP contribution in [0.2, 0.25) is 0 Å². The molecule has 2 unspecified atom stereocenters.